The number of benzene rings is 1. The van der Waals surface area contributed by atoms with Crippen LogP contribution in [-0.2, 0) is 4.79 Å². The van der Waals surface area contributed by atoms with Crippen LogP contribution in [0.25, 0.3) is 11.3 Å². The van der Waals surface area contributed by atoms with Crippen LogP contribution in [0.1, 0.15) is 24.2 Å². The minimum atomic E-state index is -5.08. The highest BCUT2D eigenvalue weighted by Crippen LogP contribution is 2.32. The molecule has 13 heteroatoms. The number of aliphatic carboxylic acids is 1. The molecule has 3 N–H and O–H groups in total. The molecule has 184 valence electrons. The molecule has 1 aromatic carbocycles. The average molecular weight is 479 g/mol. The maximum Gasteiger partial charge on any atom is 0.490 e. The third-order valence-corrected chi connectivity index (χ3v) is 4.47. The number of ether oxygens (including phenoxy) is 1. The number of aromatic nitrogens is 1. The van der Waals surface area contributed by atoms with Gasteiger partial charge in [-0.2, -0.15) is 13.2 Å². The average Bonchev–Trinajstić information content (AvgIpc) is 3.12. The van der Waals surface area contributed by atoms with Gasteiger partial charge in [0.05, 0.1) is 7.11 Å². The number of halogens is 4. The number of rotatable bonds is 8. The molecule has 0 aliphatic carbocycles. The number of carboxylic acid groups (broad SMARTS) is 2. The first-order chi connectivity index (χ1) is 15.2. The minimum absolute atomic E-state index is 0.00257. The molecule has 1 aromatic heterocycles. The Labute approximate surface area is 186 Å². The third-order valence-electron chi connectivity index (χ3n) is 4.47. The van der Waals surface area contributed by atoms with Crippen molar-refractivity contribution in [3.8, 4) is 17.1 Å². The van der Waals surface area contributed by atoms with Gasteiger partial charge < -0.3 is 29.7 Å². The smallest absolute Gasteiger partial charge is 0.490 e. The molecule has 2 aromatic rings. The molecule has 1 atom stereocenters. The van der Waals surface area contributed by atoms with E-state index in [1.54, 1.807) is 0 Å². The van der Waals surface area contributed by atoms with Gasteiger partial charge in [-0.1, -0.05) is 19.0 Å². The van der Waals surface area contributed by atoms with Gasteiger partial charge in [0, 0.05) is 18.2 Å². The normalized spacial score (nSPS) is 12.2. The summed E-state index contributed by atoms with van der Waals surface area (Å²) in [4.78, 5) is 22.7. The van der Waals surface area contributed by atoms with E-state index in [0.29, 0.717) is 18.0 Å². The van der Waals surface area contributed by atoms with E-state index in [1.165, 1.54) is 25.3 Å². The van der Waals surface area contributed by atoms with E-state index < -0.39 is 23.9 Å². The number of alkyl halides is 3. The summed E-state index contributed by atoms with van der Waals surface area (Å²) in [6.07, 6.45) is -5.08. The van der Waals surface area contributed by atoms with Gasteiger partial charge in [0.25, 0.3) is 0 Å². The highest BCUT2D eigenvalue weighted by Gasteiger charge is 2.38. The molecule has 0 radical (unpaired) electrons. The number of hydrogen-bond acceptors (Lipinski definition) is 7. The summed E-state index contributed by atoms with van der Waals surface area (Å²) in [6.45, 7) is 4.68. The summed E-state index contributed by atoms with van der Waals surface area (Å²) < 4.78 is 55.5. The standard InChI is InChI=1S/C18H24FN3O4.C2HF3O2/c1-10(2)13(22(3)4)9-20-17-15(18(23)24)16(26-21-17)11-6-7-12(19)14(8-11)25-5;3-2(4,5)1(6)7/h6-8,10,13H,9H2,1-5H3,(H,20,21)(H,23,24);(H,6,7). The molecule has 0 bridgehead atoms. The maximum atomic E-state index is 13.6. The van der Waals surface area contributed by atoms with Crippen molar-refractivity contribution in [2.75, 3.05) is 33.1 Å². The van der Waals surface area contributed by atoms with Gasteiger partial charge in [0.2, 0.25) is 0 Å². The third kappa shape index (κ3) is 7.63. The van der Waals surface area contributed by atoms with Crippen molar-refractivity contribution in [3.63, 3.8) is 0 Å². The second-order valence-electron chi connectivity index (χ2n) is 7.35. The van der Waals surface area contributed by atoms with Crippen molar-refractivity contribution in [2.24, 2.45) is 5.92 Å². The van der Waals surface area contributed by atoms with E-state index in [1.807, 2.05) is 14.1 Å². The lowest BCUT2D eigenvalue weighted by Crippen LogP contribution is -2.38. The SMILES string of the molecule is COc1cc(-c2onc(NCC(C(C)C)N(C)C)c2C(=O)O)ccc1F.O=C(O)C(F)(F)F. The van der Waals surface area contributed by atoms with Crippen LogP contribution in [0, 0.1) is 11.7 Å². The second-order valence-corrected chi connectivity index (χ2v) is 7.35. The monoisotopic (exact) mass is 479 g/mol. The molecule has 0 fully saturated rings. The first-order valence-electron chi connectivity index (χ1n) is 9.47. The van der Waals surface area contributed by atoms with Gasteiger partial charge in [-0.05, 0) is 38.2 Å². The summed E-state index contributed by atoms with van der Waals surface area (Å²) in [7, 11) is 5.26. The molecule has 0 saturated heterocycles. The Morgan fingerprint density at radius 2 is 1.82 bits per heavy atom. The molecule has 0 saturated carbocycles. The largest absolute Gasteiger partial charge is 0.494 e. The van der Waals surface area contributed by atoms with E-state index >= 15 is 0 Å². The number of nitrogens with one attached hydrogen (secondary N) is 1. The number of carboxylic acids is 2. The zero-order valence-electron chi connectivity index (χ0n) is 18.5. The van der Waals surface area contributed by atoms with Gasteiger partial charge in [-0.25, -0.2) is 14.0 Å². The summed E-state index contributed by atoms with van der Waals surface area (Å²) in [5.41, 5.74) is 0.272. The molecule has 9 nitrogen and oxygen atoms in total. The van der Waals surface area contributed by atoms with Crippen LogP contribution in [-0.4, -0.2) is 72.2 Å². The van der Waals surface area contributed by atoms with Crippen LogP contribution in [0.15, 0.2) is 22.7 Å². The van der Waals surface area contributed by atoms with Gasteiger partial charge in [-0.3, -0.25) is 0 Å². The topological polar surface area (TPSA) is 125 Å². The molecular formula is C20H25F4N3O6. The number of anilines is 1. The fraction of sp³-hybridized carbons (Fsp3) is 0.450. The molecule has 33 heavy (non-hydrogen) atoms. The molecule has 1 unspecified atom stereocenters. The van der Waals surface area contributed by atoms with Crippen LogP contribution in [0.5, 0.6) is 5.75 Å². The lowest BCUT2D eigenvalue weighted by atomic mass is 10.0. The highest BCUT2D eigenvalue weighted by atomic mass is 19.4. The minimum Gasteiger partial charge on any atom is -0.494 e. The van der Waals surface area contributed by atoms with Crippen molar-refractivity contribution >= 4 is 17.8 Å². The number of aromatic carboxylic acids is 1. The van der Waals surface area contributed by atoms with Gasteiger partial charge in [0.1, 0.15) is 0 Å². The van der Waals surface area contributed by atoms with Crippen LogP contribution in [0.3, 0.4) is 0 Å². The van der Waals surface area contributed by atoms with Crippen molar-refractivity contribution in [3.05, 3.63) is 29.6 Å². The Morgan fingerprint density at radius 1 is 1.24 bits per heavy atom. The summed E-state index contributed by atoms with van der Waals surface area (Å²) >= 11 is 0. The first kappa shape index (κ1) is 27.7. The molecule has 0 aliphatic heterocycles. The molecule has 0 spiro atoms. The lowest BCUT2D eigenvalue weighted by Gasteiger charge is -2.28. The first-order valence-corrected chi connectivity index (χ1v) is 9.47. The number of nitrogens with zero attached hydrogens (tertiary/aromatic N) is 2. The van der Waals surface area contributed by atoms with E-state index in [9.17, 15) is 27.5 Å². The Hall–Kier alpha value is -3.35. The Bertz CT molecular complexity index is 952. The number of hydrogen-bond donors (Lipinski definition) is 3. The summed E-state index contributed by atoms with van der Waals surface area (Å²) in [6, 6.07) is 4.17. The molecule has 2 rings (SSSR count). The molecule has 1 heterocycles. The predicted molar refractivity (Wildman–Crippen MR) is 110 cm³/mol. The fourth-order valence-corrected chi connectivity index (χ4v) is 2.82. The van der Waals surface area contributed by atoms with Crippen LogP contribution in [0.2, 0.25) is 0 Å². The number of carbonyl (C=O) groups is 2. The van der Waals surface area contributed by atoms with Crippen molar-refractivity contribution in [2.45, 2.75) is 26.1 Å². The van der Waals surface area contributed by atoms with Gasteiger partial charge in [0.15, 0.2) is 28.7 Å². The van der Waals surface area contributed by atoms with Gasteiger partial charge in [-0.15, -0.1) is 0 Å². The van der Waals surface area contributed by atoms with Crippen LogP contribution in [0.4, 0.5) is 23.4 Å². The maximum absolute atomic E-state index is 13.6. The second kappa shape index (κ2) is 11.5. The molecule has 0 amide bonds. The van der Waals surface area contributed by atoms with Crippen molar-refractivity contribution < 1.29 is 46.6 Å². The Kier molecular flexibility index (Phi) is 9.64. The highest BCUT2D eigenvalue weighted by molar-refractivity contribution is 5.99. The van der Waals surface area contributed by atoms with E-state index in [-0.39, 0.29) is 28.9 Å². The zero-order chi connectivity index (χ0) is 25.5. The zero-order valence-corrected chi connectivity index (χ0v) is 18.5. The molecular weight excluding hydrogens is 454 g/mol. The van der Waals surface area contributed by atoms with E-state index in [0.717, 1.165) is 0 Å². The Morgan fingerprint density at radius 3 is 2.24 bits per heavy atom. The van der Waals surface area contributed by atoms with E-state index in [2.05, 4.69) is 29.2 Å². The quantitative estimate of drug-likeness (QED) is 0.485. The van der Waals surface area contributed by atoms with Crippen LogP contribution >= 0.6 is 0 Å². The summed E-state index contributed by atoms with van der Waals surface area (Å²) in [5, 5.41) is 23.6. The number of methoxy groups -OCH3 is 1. The van der Waals surface area contributed by atoms with Crippen LogP contribution < -0.4 is 10.1 Å². The van der Waals surface area contributed by atoms with Crippen molar-refractivity contribution in [1.82, 2.24) is 10.1 Å². The van der Waals surface area contributed by atoms with Crippen molar-refractivity contribution in [1.29, 1.82) is 0 Å². The fourth-order valence-electron chi connectivity index (χ4n) is 2.82. The summed E-state index contributed by atoms with van der Waals surface area (Å²) in [5.74, 6) is -3.94. The lowest BCUT2D eigenvalue weighted by molar-refractivity contribution is -0.192. The number of likely N-dealkylation sites (N-methyl/N-ethyl adjacent to an activating group) is 1. The van der Waals surface area contributed by atoms with Gasteiger partial charge >= 0.3 is 18.1 Å². The van der Waals surface area contributed by atoms with E-state index in [4.69, 9.17) is 19.2 Å². The Balaban J connectivity index is 0.000000675. The predicted octanol–water partition coefficient (Wildman–Crippen LogP) is 3.82. The molecule has 0 aliphatic rings.